The Morgan fingerprint density at radius 2 is 1.67 bits per heavy atom. The SMILES string of the molecule is CC(Oc1ccc(F)cc1)C(=O)NCc1ccc(C(F)(F)F)cc1. The predicted molar refractivity (Wildman–Crippen MR) is 79.8 cm³/mol. The highest BCUT2D eigenvalue weighted by Gasteiger charge is 2.29. The van der Waals surface area contributed by atoms with Crippen molar-refractivity contribution in [1.82, 2.24) is 5.32 Å². The molecular formula is C17H15F4NO2. The van der Waals surface area contributed by atoms with E-state index < -0.39 is 29.6 Å². The first-order valence-corrected chi connectivity index (χ1v) is 7.12. The van der Waals surface area contributed by atoms with Crippen molar-refractivity contribution in [3.8, 4) is 5.75 Å². The molecule has 0 saturated carbocycles. The van der Waals surface area contributed by atoms with E-state index in [-0.39, 0.29) is 6.54 Å². The molecule has 128 valence electrons. The molecule has 0 saturated heterocycles. The van der Waals surface area contributed by atoms with Crippen LogP contribution in [0.1, 0.15) is 18.1 Å². The first-order chi connectivity index (χ1) is 11.3. The van der Waals surface area contributed by atoms with Crippen LogP contribution in [0.4, 0.5) is 17.6 Å². The number of ether oxygens (including phenoxy) is 1. The summed E-state index contributed by atoms with van der Waals surface area (Å²) in [7, 11) is 0. The van der Waals surface area contributed by atoms with E-state index in [2.05, 4.69) is 5.32 Å². The van der Waals surface area contributed by atoms with Crippen LogP contribution in [-0.4, -0.2) is 12.0 Å². The van der Waals surface area contributed by atoms with Crippen LogP contribution in [-0.2, 0) is 17.5 Å². The topological polar surface area (TPSA) is 38.3 Å². The van der Waals surface area contributed by atoms with Gasteiger partial charge in [0.1, 0.15) is 11.6 Å². The van der Waals surface area contributed by atoms with Crippen molar-refractivity contribution < 1.29 is 27.1 Å². The average Bonchev–Trinajstić information content (AvgIpc) is 2.54. The first kappa shape index (κ1) is 17.8. The van der Waals surface area contributed by atoms with Crippen LogP contribution in [0.2, 0.25) is 0 Å². The van der Waals surface area contributed by atoms with Crippen LogP contribution in [0.15, 0.2) is 48.5 Å². The Hall–Kier alpha value is -2.57. The van der Waals surface area contributed by atoms with E-state index in [1.165, 1.54) is 43.3 Å². The lowest BCUT2D eigenvalue weighted by Gasteiger charge is -2.15. The van der Waals surface area contributed by atoms with Gasteiger partial charge in [-0.05, 0) is 48.9 Å². The van der Waals surface area contributed by atoms with Crippen molar-refractivity contribution in [3.05, 3.63) is 65.5 Å². The molecule has 0 aliphatic heterocycles. The molecule has 7 heteroatoms. The van der Waals surface area contributed by atoms with Gasteiger partial charge in [-0.15, -0.1) is 0 Å². The molecule has 0 heterocycles. The highest BCUT2D eigenvalue weighted by molar-refractivity contribution is 5.80. The maximum absolute atomic E-state index is 12.8. The summed E-state index contributed by atoms with van der Waals surface area (Å²) in [6, 6.07) is 9.73. The Labute approximate surface area is 136 Å². The van der Waals surface area contributed by atoms with E-state index in [4.69, 9.17) is 4.74 Å². The summed E-state index contributed by atoms with van der Waals surface area (Å²) in [4.78, 5) is 11.9. The Morgan fingerprint density at radius 3 is 2.21 bits per heavy atom. The highest BCUT2D eigenvalue weighted by atomic mass is 19.4. The van der Waals surface area contributed by atoms with Crippen molar-refractivity contribution in [2.75, 3.05) is 0 Å². The van der Waals surface area contributed by atoms with Gasteiger partial charge in [0.15, 0.2) is 6.10 Å². The largest absolute Gasteiger partial charge is 0.481 e. The molecule has 0 fully saturated rings. The van der Waals surface area contributed by atoms with Crippen molar-refractivity contribution >= 4 is 5.91 Å². The molecular weight excluding hydrogens is 326 g/mol. The summed E-state index contributed by atoms with van der Waals surface area (Å²) in [6.07, 6.45) is -5.22. The lowest BCUT2D eigenvalue weighted by Crippen LogP contribution is -2.35. The third kappa shape index (κ3) is 4.97. The van der Waals surface area contributed by atoms with E-state index in [1.54, 1.807) is 0 Å². The van der Waals surface area contributed by atoms with Crippen LogP contribution in [0.25, 0.3) is 0 Å². The second kappa shape index (κ2) is 7.33. The summed E-state index contributed by atoms with van der Waals surface area (Å²) in [5.41, 5.74) is -0.212. The molecule has 0 bridgehead atoms. The average molecular weight is 341 g/mol. The highest BCUT2D eigenvalue weighted by Crippen LogP contribution is 2.29. The van der Waals surface area contributed by atoms with Crippen LogP contribution in [0.5, 0.6) is 5.75 Å². The van der Waals surface area contributed by atoms with Gasteiger partial charge in [0.05, 0.1) is 5.56 Å². The second-order valence-corrected chi connectivity index (χ2v) is 5.13. The van der Waals surface area contributed by atoms with Crippen molar-refractivity contribution in [2.45, 2.75) is 25.7 Å². The Kier molecular flexibility index (Phi) is 5.43. The number of halogens is 4. The van der Waals surface area contributed by atoms with Crippen LogP contribution >= 0.6 is 0 Å². The lowest BCUT2D eigenvalue weighted by atomic mass is 10.1. The monoisotopic (exact) mass is 341 g/mol. The standard InChI is InChI=1S/C17H15F4NO2/c1-11(24-15-8-6-14(18)7-9-15)16(23)22-10-12-2-4-13(5-3-12)17(19,20)21/h2-9,11H,10H2,1H3,(H,22,23). The Balaban J connectivity index is 1.86. The summed E-state index contributed by atoms with van der Waals surface area (Å²) < 4.78 is 55.5. The minimum atomic E-state index is -4.39. The van der Waals surface area contributed by atoms with Gasteiger partial charge in [0, 0.05) is 6.54 Å². The van der Waals surface area contributed by atoms with E-state index in [0.29, 0.717) is 11.3 Å². The Bertz CT molecular complexity index is 681. The number of rotatable bonds is 5. The molecule has 0 spiro atoms. The van der Waals surface area contributed by atoms with Gasteiger partial charge in [-0.1, -0.05) is 12.1 Å². The number of benzene rings is 2. The molecule has 1 unspecified atom stereocenters. The zero-order chi connectivity index (χ0) is 17.7. The molecule has 1 amide bonds. The maximum Gasteiger partial charge on any atom is 0.416 e. The van der Waals surface area contributed by atoms with Gasteiger partial charge >= 0.3 is 6.18 Å². The van der Waals surface area contributed by atoms with Crippen molar-refractivity contribution in [2.24, 2.45) is 0 Å². The maximum atomic E-state index is 12.8. The summed E-state index contributed by atoms with van der Waals surface area (Å²) >= 11 is 0. The minimum Gasteiger partial charge on any atom is -0.481 e. The quantitative estimate of drug-likeness (QED) is 0.837. The van der Waals surface area contributed by atoms with Gasteiger partial charge < -0.3 is 10.1 Å². The molecule has 3 nitrogen and oxygen atoms in total. The molecule has 24 heavy (non-hydrogen) atoms. The Morgan fingerprint density at radius 1 is 1.08 bits per heavy atom. The number of hydrogen-bond acceptors (Lipinski definition) is 2. The van der Waals surface area contributed by atoms with Crippen LogP contribution < -0.4 is 10.1 Å². The number of alkyl halides is 3. The molecule has 1 atom stereocenters. The lowest BCUT2D eigenvalue weighted by molar-refractivity contribution is -0.137. The van der Waals surface area contributed by atoms with Gasteiger partial charge in [0.25, 0.3) is 5.91 Å². The van der Waals surface area contributed by atoms with Crippen LogP contribution in [0, 0.1) is 5.82 Å². The van der Waals surface area contributed by atoms with Gasteiger partial charge in [-0.3, -0.25) is 4.79 Å². The van der Waals surface area contributed by atoms with Gasteiger partial charge in [-0.25, -0.2) is 4.39 Å². The molecule has 0 radical (unpaired) electrons. The number of carbonyl (C=O) groups excluding carboxylic acids is 1. The summed E-state index contributed by atoms with van der Waals surface area (Å²) in [5.74, 6) is -0.505. The van der Waals surface area contributed by atoms with Crippen LogP contribution in [0.3, 0.4) is 0 Å². The van der Waals surface area contributed by atoms with E-state index >= 15 is 0 Å². The van der Waals surface area contributed by atoms with E-state index in [0.717, 1.165) is 12.1 Å². The predicted octanol–water partition coefficient (Wildman–Crippen LogP) is 3.93. The van der Waals surface area contributed by atoms with E-state index in [1.807, 2.05) is 0 Å². The number of carbonyl (C=O) groups is 1. The fraction of sp³-hybridized carbons (Fsp3) is 0.235. The third-order valence-electron chi connectivity index (χ3n) is 3.24. The van der Waals surface area contributed by atoms with Gasteiger partial charge in [0.2, 0.25) is 0 Å². The zero-order valence-corrected chi connectivity index (χ0v) is 12.7. The number of hydrogen-bond donors (Lipinski definition) is 1. The second-order valence-electron chi connectivity index (χ2n) is 5.13. The number of nitrogens with one attached hydrogen (secondary N) is 1. The smallest absolute Gasteiger partial charge is 0.416 e. The third-order valence-corrected chi connectivity index (χ3v) is 3.24. The minimum absolute atomic E-state index is 0.0775. The fourth-order valence-corrected chi connectivity index (χ4v) is 1.92. The summed E-state index contributed by atoms with van der Waals surface area (Å²) in [6.45, 7) is 1.60. The zero-order valence-electron chi connectivity index (χ0n) is 12.7. The molecule has 0 aliphatic rings. The number of amides is 1. The molecule has 0 aliphatic carbocycles. The summed E-state index contributed by atoms with van der Waals surface area (Å²) in [5, 5.41) is 2.57. The molecule has 2 aromatic carbocycles. The normalized spacial score (nSPS) is 12.5. The molecule has 2 rings (SSSR count). The molecule has 1 N–H and O–H groups in total. The molecule has 0 aromatic heterocycles. The van der Waals surface area contributed by atoms with Gasteiger partial charge in [-0.2, -0.15) is 13.2 Å². The van der Waals surface area contributed by atoms with Crippen molar-refractivity contribution in [1.29, 1.82) is 0 Å². The fourth-order valence-electron chi connectivity index (χ4n) is 1.92. The molecule has 2 aromatic rings. The van der Waals surface area contributed by atoms with E-state index in [9.17, 15) is 22.4 Å². The first-order valence-electron chi connectivity index (χ1n) is 7.12. The van der Waals surface area contributed by atoms with Crippen molar-refractivity contribution in [3.63, 3.8) is 0 Å².